The number of aromatic nitrogens is 3. The van der Waals surface area contributed by atoms with Crippen molar-refractivity contribution < 1.29 is 12.8 Å². The van der Waals surface area contributed by atoms with Gasteiger partial charge in [-0.3, -0.25) is 4.98 Å². The molecule has 0 saturated carbocycles. The Bertz CT molecular complexity index is 1290. The number of furan rings is 1. The molecule has 4 aromatic rings. The molecule has 0 aliphatic carbocycles. The van der Waals surface area contributed by atoms with Crippen molar-refractivity contribution >= 4 is 32.3 Å². The Labute approximate surface area is 178 Å². The van der Waals surface area contributed by atoms with E-state index in [2.05, 4.69) is 15.2 Å². The molecule has 1 aliphatic heterocycles. The van der Waals surface area contributed by atoms with Crippen LogP contribution in [0.5, 0.6) is 0 Å². The van der Waals surface area contributed by atoms with Crippen molar-refractivity contribution in [1.29, 1.82) is 0 Å². The number of aryl methyl sites for hydroxylation is 1. The predicted octanol–water partition coefficient (Wildman–Crippen LogP) is 4.22. The minimum absolute atomic E-state index is 0.200. The highest BCUT2D eigenvalue weighted by Gasteiger charge is 2.32. The van der Waals surface area contributed by atoms with Gasteiger partial charge in [-0.15, -0.1) is 10.2 Å². The maximum atomic E-state index is 13.4. The van der Waals surface area contributed by atoms with Gasteiger partial charge in [0.15, 0.2) is 10.8 Å². The molecule has 7 nitrogen and oxygen atoms in total. The Morgan fingerprint density at radius 1 is 1.07 bits per heavy atom. The van der Waals surface area contributed by atoms with Crippen LogP contribution in [0.25, 0.3) is 21.7 Å². The van der Waals surface area contributed by atoms with Crippen molar-refractivity contribution in [1.82, 2.24) is 19.5 Å². The molecular formula is C21H20N4O3S2. The number of sulfonamides is 1. The lowest BCUT2D eigenvalue weighted by molar-refractivity contribution is 0.319. The quantitative estimate of drug-likeness (QED) is 0.472. The number of pyridine rings is 1. The number of nitrogens with zero attached hydrogens (tertiary/aromatic N) is 4. The molecule has 1 fully saturated rings. The summed E-state index contributed by atoms with van der Waals surface area (Å²) in [5, 5.41) is 11.1. The molecule has 0 radical (unpaired) electrons. The van der Waals surface area contributed by atoms with Crippen LogP contribution in [0.15, 0.2) is 58.0 Å². The summed E-state index contributed by atoms with van der Waals surface area (Å²) in [6.07, 6.45) is 3.04. The van der Waals surface area contributed by atoms with Crippen molar-refractivity contribution in [3.05, 3.63) is 59.4 Å². The van der Waals surface area contributed by atoms with Crippen LogP contribution in [0.3, 0.4) is 0 Å². The first-order valence-corrected chi connectivity index (χ1v) is 12.0. The summed E-state index contributed by atoms with van der Waals surface area (Å²) in [4.78, 5) is 4.77. The molecule has 0 N–H and O–H groups in total. The lowest BCUT2D eigenvalue weighted by atomic mass is 9.99. The van der Waals surface area contributed by atoms with Crippen molar-refractivity contribution in [3.8, 4) is 10.8 Å². The predicted molar refractivity (Wildman–Crippen MR) is 115 cm³/mol. The Morgan fingerprint density at radius 3 is 2.67 bits per heavy atom. The van der Waals surface area contributed by atoms with E-state index in [4.69, 9.17) is 4.42 Å². The first-order valence-electron chi connectivity index (χ1n) is 9.76. The molecule has 1 saturated heterocycles. The molecule has 0 spiro atoms. The number of hydrogen-bond acceptors (Lipinski definition) is 7. The van der Waals surface area contributed by atoms with Gasteiger partial charge in [0.05, 0.1) is 11.8 Å². The second-order valence-electron chi connectivity index (χ2n) is 7.38. The van der Waals surface area contributed by atoms with Crippen molar-refractivity contribution in [2.24, 2.45) is 0 Å². The minimum Gasteiger partial charge on any atom is -0.462 e. The topological polar surface area (TPSA) is 89.2 Å². The van der Waals surface area contributed by atoms with Gasteiger partial charge in [-0.25, -0.2) is 8.42 Å². The maximum Gasteiger partial charge on any atom is 0.245 e. The Balaban J connectivity index is 1.36. The molecule has 0 atom stereocenters. The number of hydrogen-bond donors (Lipinski definition) is 0. The van der Waals surface area contributed by atoms with Crippen molar-refractivity contribution in [3.63, 3.8) is 0 Å². The van der Waals surface area contributed by atoms with E-state index in [1.807, 2.05) is 37.3 Å². The summed E-state index contributed by atoms with van der Waals surface area (Å²) < 4.78 is 33.7. The summed E-state index contributed by atoms with van der Waals surface area (Å²) in [6.45, 7) is 2.77. The van der Waals surface area contributed by atoms with Gasteiger partial charge in [0.25, 0.3) is 0 Å². The molecule has 0 amide bonds. The molecule has 154 valence electrons. The summed E-state index contributed by atoms with van der Waals surface area (Å²) in [5.74, 6) is 0.906. The smallest absolute Gasteiger partial charge is 0.245 e. The molecule has 5 rings (SSSR count). The van der Waals surface area contributed by atoms with E-state index in [0.29, 0.717) is 37.2 Å². The molecule has 4 heterocycles. The molecule has 3 aromatic heterocycles. The second kappa shape index (κ2) is 7.57. The Kier molecular flexibility index (Phi) is 4.88. The largest absolute Gasteiger partial charge is 0.462 e. The van der Waals surface area contributed by atoms with Crippen LogP contribution in [0, 0.1) is 6.92 Å². The fourth-order valence-electron chi connectivity index (χ4n) is 3.81. The van der Waals surface area contributed by atoms with Crippen molar-refractivity contribution in [2.45, 2.75) is 30.6 Å². The normalized spacial score (nSPS) is 16.3. The van der Waals surface area contributed by atoms with Gasteiger partial charge in [-0.1, -0.05) is 29.5 Å². The van der Waals surface area contributed by atoms with Crippen LogP contribution >= 0.6 is 11.3 Å². The van der Waals surface area contributed by atoms with E-state index in [0.717, 1.165) is 21.1 Å². The van der Waals surface area contributed by atoms with Crippen LogP contribution in [-0.2, 0) is 10.0 Å². The molecule has 1 aromatic carbocycles. The van der Waals surface area contributed by atoms with Crippen LogP contribution < -0.4 is 0 Å². The van der Waals surface area contributed by atoms with Crippen LogP contribution in [-0.4, -0.2) is 41.0 Å². The summed E-state index contributed by atoms with van der Waals surface area (Å²) >= 11 is 1.51. The third-order valence-corrected chi connectivity index (χ3v) is 8.45. The monoisotopic (exact) mass is 440 g/mol. The fourth-order valence-corrected chi connectivity index (χ4v) is 6.42. The number of fused-ring (bicyclic) bond motifs is 1. The third-order valence-electron chi connectivity index (χ3n) is 5.42. The summed E-state index contributed by atoms with van der Waals surface area (Å²) in [7, 11) is -3.62. The Hall–Kier alpha value is -2.62. The lowest BCUT2D eigenvalue weighted by Crippen LogP contribution is -2.38. The standard InChI is InChI=1S/C21H20N4O3S2/c1-14-7-8-15-4-2-6-18(19(15)22-14)30(26,27)25-11-9-16(10-12-25)20-23-24-21(29-20)17-5-3-13-28-17/h2-8,13,16H,9-12H2,1H3. The highest BCUT2D eigenvalue weighted by molar-refractivity contribution is 7.89. The van der Waals surface area contributed by atoms with Crippen LogP contribution in [0.2, 0.25) is 0 Å². The highest BCUT2D eigenvalue weighted by atomic mass is 32.2. The summed E-state index contributed by atoms with van der Waals surface area (Å²) in [6, 6.07) is 12.8. The van der Waals surface area contributed by atoms with Gasteiger partial charge in [0.1, 0.15) is 9.90 Å². The zero-order valence-electron chi connectivity index (χ0n) is 16.4. The van der Waals surface area contributed by atoms with Gasteiger partial charge in [0.2, 0.25) is 10.0 Å². The molecule has 0 bridgehead atoms. The van der Waals surface area contributed by atoms with Gasteiger partial charge >= 0.3 is 0 Å². The van der Waals surface area contributed by atoms with E-state index < -0.39 is 10.0 Å². The Morgan fingerprint density at radius 2 is 1.90 bits per heavy atom. The van der Waals surface area contributed by atoms with E-state index in [-0.39, 0.29) is 10.8 Å². The van der Waals surface area contributed by atoms with Gasteiger partial charge in [0, 0.05) is 30.1 Å². The third kappa shape index (κ3) is 3.42. The molecule has 9 heteroatoms. The zero-order chi connectivity index (χ0) is 20.7. The van der Waals surface area contributed by atoms with E-state index in [1.165, 1.54) is 11.3 Å². The van der Waals surface area contributed by atoms with Gasteiger partial charge in [-0.05, 0) is 44.0 Å². The van der Waals surface area contributed by atoms with Gasteiger partial charge in [-0.2, -0.15) is 4.31 Å². The van der Waals surface area contributed by atoms with Crippen LogP contribution in [0.1, 0.15) is 29.5 Å². The summed E-state index contributed by atoms with van der Waals surface area (Å²) in [5.41, 5.74) is 1.33. The molecule has 1 aliphatic rings. The first kappa shape index (κ1) is 19.3. The first-order chi connectivity index (χ1) is 14.5. The number of benzene rings is 1. The minimum atomic E-state index is -3.62. The number of para-hydroxylation sites is 1. The van der Waals surface area contributed by atoms with Crippen LogP contribution in [0.4, 0.5) is 0 Å². The van der Waals surface area contributed by atoms with E-state index in [1.54, 1.807) is 22.7 Å². The maximum absolute atomic E-state index is 13.4. The molecule has 0 unspecified atom stereocenters. The zero-order valence-corrected chi connectivity index (χ0v) is 18.0. The van der Waals surface area contributed by atoms with Gasteiger partial charge < -0.3 is 4.42 Å². The highest BCUT2D eigenvalue weighted by Crippen LogP contribution is 2.35. The fraction of sp³-hybridized carbons (Fsp3) is 0.286. The number of rotatable bonds is 4. The SMILES string of the molecule is Cc1ccc2cccc(S(=O)(=O)N3CCC(c4nnc(-c5ccco5)s4)CC3)c2n1. The number of piperidine rings is 1. The second-order valence-corrected chi connectivity index (χ2v) is 10.3. The van der Waals surface area contributed by atoms with E-state index in [9.17, 15) is 8.42 Å². The van der Waals surface area contributed by atoms with E-state index >= 15 is 0 Å². The van der Waals surface area contributed by atoms with Crippen molar-refractivity contribution in [2.75, 3.05) is 13.1 Å². The lowest BCUT2D eigenvalue weighted by Gasteiger charge is -2.30. The average molecular weight is 441 g/mol. The average Bonchev–Trinajstić information content (AvgIpc) is 3.45. The molecule has 30 heavy (non-hydrogen) atoms. The molecular weight excluding hydrogens is 420 g/mol.